The van der Waals surface area contributed by atoms with Crippen molar-refractivity contribution in [2.75, 3.05) is 20.3 Å². The van der Waals surface area contributed by atoms with Crippen molar-refractivity contribution in [3.8, 4) is 0 Å². The zero-order chi connectivity index (χ0) is 13.2. The SMILES string of the molecule is CN(C1CCOCC1)S(=O)(=O)c1ccnc(Cl)c1. The number of sulfonamides is 1. The van der Waals surface area contributed by atoms with Gasteiger partial charge in [0.15, 0.2) is 0 Å². The molecule has 0 saturated carbocycles. The van der Waals surface area contributed by atoms with Crippen molar-refractivity contribution in [1.82, 2.24) is 9.29 Å². The van der Waals surface area contributed by atoms with Crippen molar-refractivity contribution in [2.45, 2.75) is 23.8 Å². The molecule has 100 valence electrons. The Bertz CT molecular complexity index is 515. The van der Waals surface area contributed by atoms with Gasteiger partial charge in [-0.25, -0.2) is 13.4 Å². The molecule has 1 aromatic heterocycles. The number of ether oxygens (including phenoxy) is 1. The molecule has 5 nitrogen and oxygen atoms in total. The molecule has 1 aromatic rings. The number of hydrogen-bond donors (Lipinski definition) is 0. The summed E-state index contributed by atoms with van der Waals surface area (Å²) in [4.78, 5) is 3.96. The fourth-order valence-electron chi connectivity index (χ4n) is 1.96. The summed E-state index contributed by atoms with van der Waals surface area (Å²) in [6.45, 7) is 1.20. The topological polar surface area (TPSA) is 59.5 Å². The van der Waals surface area contributed by atoms with Gasteiger partial charge in [-0.05, 0) is 25.0 Å². The van der Waals surface area contributed by atoms with E-state index < -0.39 is 10.0 Å². The molecule has 1 aliphatic rings. The number of aromatic nitrogens is 1. The first kappa shape index (κ1) is 13.7. The number of rotatable bonds is 3. The third-order valence-electron chi connectivity index (χ3n) is 3.08. The molecule has 0 unspecified atom stereocenters. The molecule has 0 bridgehead atoms. The third kappa shape index (κ3) is 2.83. The second kappa shape index (κ2) is 5.52. The maximum atomic E-state index is 12.4. The van der Waals surface area contributed by atoms with E-state index >= 15 is 0 Å². The lowest BCUT2D eigenvalue weighted by molar-refractivity contribution is 0.0632. The first-order valence-electron chi connectivity index (χ1n) is 5.69. The molecule has 18 heavy (non-hydrogen) atoms. The van der Waals surface area contributed by atoms with Crippen molar-refractivity contribution < 1.29 is 13.2 Å². The van der Waals surface area contributed by atoms with E-state index in [1.165, 1.54) is 22.6 Å². The van der Waals surface area contributed by atoms with Gasteiger partial charge in [0, 0.05) is 32.5 Å². The highest BCUT2D eigenvalue weighted by Gasteiger charge is 2.29. The van der Waals surface area contributed by atoms with Gasteiger partial charge in [-0.3, -0.25) is 0 Å². The minimum Gasteiger partial charge on any atom is -0.381 e. The predicted molar refractivity (Wildman–Crippen MR) is 68.0 cm³/mol. The number of halogens is 1. The maximum Gasteiger partial charge on any atom is 0.243 e. The largest absolute Gasteiger partial charge is 0.381 e. The molecule has 7 heteroatoms. The minimum atomic E-state index is -3.51. The van der Waals surface area contributed by atoms with E-state index in [0.29, 0.717) is 26.1 Å². The van der Waals surface area contributed by atoms with E-state index in [4.69, 9.17) is 16.3 Å². The summed E-state index contributed by atoms with van der Waals surface area (Å²) in [5.74, 6) is 0. The number of nitrogens with zero attached hydrogens (tertiary/aromatic N) is 2. The first-order valence-corrected chi connectivity index (χ1v) is 7.51. The molecule has 1 aliphatic heterocycles. The normalized spacial score (nSPS) is 18.2. The van der Waals surface area contributed by atoms with Crippen LogP contribution in [0.5, 0.6) is 0 Å². The summed E-state index contributed by atoms with van der Waals surface area (Å²) in [7, 11) is -1.91. The molecule has 1 saturated heterocycles. The zero-order valence-corrected chi connectivity index (χ0v) is 11.6. The molecule has 0 aromatic carbocycles. The van der Waals surface area contributed by atoms with Crippen LogP contribution in [0.25, 0.3) is 0 Å². The van der Waals surface area contributed by atoms with Gasteiger partial charge < -0.3 is 4.74 Å². The van der Waals surface area contributed by atoms with Gasteiger partial charge >= 0.3 is 0 Å². The summed E-state index contributed by atoms with van der Waals surface area (Å²) in [5.41, 5.74) is 0. The zero-order valence-electron chi connectivity index (χ0n) is 10.0. The van der Waals surface area contributed by atoms with Crippen LogP contribution < -0.4 is 0 Å². The van der Waals surface area contributed by atoms with E-state index in [1.807, 2.05) is 0 Å². The molecule has 0 spiro atoms. The molecule has 0 amide bonds. The Hall–Kier alpha value is -0.690. The first-order chi connectivity index (χ1) is 8.51. The average Bonchev–Trinajstić information content (AvgIpc) is 2.39. The van der Waals surface area contributed by atoms with E-state index in [0.717, 1.165) is 0 Å². The highest BCUT2D eigenvalue weighted by molar-refractivity contribution is 7.89. The van der Waals surface area contributed by atoms with E-state index in [2.05, 4.69) is 4.98 Å². The van der Waals surface area contributed by atoms with Crippen LogP contribution in [-0.2, 0) is 14.8 Å². The van der Waals surface area contributed by atoms with Gasteiger partial charge in [0.25, 0.3) is 0 Å². The van der Waals surface area contributed by atoms with Crippen molar-refractivity contribution in [1.29, 1.82) is 0 Å². The summed E-state index contributed by atoms with van der Waals surface area (Å²) >= 11 is 5.73. The lowest BCUT2D eigenvalue weighted by Crippen LogP contribution is -2.40. The lowest BCUT2D eigenvalue weighted by Gasteiger charge is -2.30. The molecular formula is C11H15ClN2O3S. The van der Waals surface area contributed by atoms with Crippen molar-refractivity contribution in [3.05, 3.63) is 23.5 Å². The highest BCUT2D eigenvalue weighted by Crippen LogP contribution is 2.22. The Kier molecular flexibility index (Phi) is 4.21. The summed E-state index contributed by atoms with van der Waals surface area (Å²) in [5, 5.41) is 0.177. The lowest BCUT2D eigenvalue weighted by atomic mass is 10.1. The van der Waals surface area contributed by atoms with Gasteiger partial charge in [0.1, 0.15) is 5.15 Å². The monoisotopic (exact) mass is 290 g/mol. The van der Waals surface area contributed by atoms with Crippen LogP contribution in [0.2, 0.25) is 5.15 Å². The molecule has 0 atom stereocenters. The number of hydrogen-bond acceptors (Lipinski definition) is 4. The summed E-state index contributed by atoms with van der Waals surface area (Å²) < 4.78 is 31.4. The Morgan fingerprint density at radius 1 is 1.44 bits per heavy atom. The molecule has 2 heterocycles. The molecular weight excluding hydrogens is 276 g/mol. The van der Waals surface area contributed by atoms with Gasteiger partial charge in [0.2, 0.25) is 10.0 Å². The minimum absolute atomic E-state index is 0.0179. The van der Waals surface area contributed by atoms with Crippen LogP contribution in [0.1, 0.15) is 12.8 Å². The van der Waals surface area contributed by atoms with Gasteiger partial charge in [-0.1, -0.05) is 11.6 Å². The second-order valence-corrected chi connectivity index (χ2v) is 6.56. The molecule has 0 radical (unpaired) electrons. The van der Waals surface area contributed by atoms with E-state index in [1.54, 1.807) is 7.05 Å². The van der Waals surface area contributed by atoms with Crippen molar-refractivity contribution in [3.63, 3.8) is 0 Å². The van der Waals surface area contributed by atoms with Crippen LogP contribution in [-0.4, -0.2) is 44.0 Å². The van der Waals surface area contributed by atoms with Crippen LogP contribution in [0.15, 0.2) is 23.2 Å². The molecule has 2 rings (SSSR count). The Morgan fingerprint density at radius 3 is 2.72 bits per heavy atom. The second-order valence-electron chi connectivity index (χ2n) is 4.18. The van der Waals surface area contributed by atoms with Crippen LogP contribution in [0, 0.1) is 0 Å². The Labute approximate surface area is 112 Å². The number of pyridine rings is 1. The van der Waals surface area contributed by atoms with E-state index in [9.17, 15) is 8.42 Å². The van der Waals surface area contributed by atoms with Gasteiger partial charge in [0.05, 0.1) is 4.90 Å². The van der Waals surface area contributed by atoms with Crippen LogP contribution in [0.4, 0.5) is 0 Å². The summed E-state index contributed by atoms with van der Waals surface area (Å²) in [6.07, 6.45) is 2.83. The van der Waals surface area contributed by atoms with Gasteiger partial charge in [-0.15, -0.1) is 0 Å². The molecule has 0 aliphatic carbocycles. The Balaban J connectivity index is 2.24. The van der Waals surface area contributed by atoms with Crippen LogP contribution >= 0.6 is 11.6 Å². The fraction of sp³-hybridized carbons (Fsp3) is 0.545. The Morgan fingerprint density at radius 2 is 2.11 bits per heavy atom. The predicted octanol–water partition coefficient (Wildman–Crippen LogP) is 1.53. The smallest absolute Gasteiger partial charge is 0.243 e. The molecule has 0 N–H and O–H groups in total. The maximum absolute atomic E-state index is 12.4. The standard InChI is InChI=1S/C11H15ClN2O3S/c1-14(9-3-6-17-7-4-9)18(15,16)10-2-5-13-11(12)8-10/h2,5,8-9H,3-4,6-7H2,1H3. The third-order valence-corrected chi connectivity index (χ3v) is 5.19. The van der Waals surface area contributed by atoms with Crippen molar-refractivity contribution >= 4 is 21.6 Å². The van der Waals surface area contributed by atoms with Crippen molar-refractivity contribution in [2.24, 2.45) is 0 Å². The molecule has 1 fully saturated rings. The van der Waals surface area contributed by atoms with E-state index in [-0.39, 0.29) is 16.1 Å². The quantitative estimate of drug-likeness (QED) is 0.792. The summed E-state index contributed by atoms with van der Waals surface area (Å²) in [6, 6.07) is 2.81. The fourth-order valence-corrected chi connectivity index (χ4v) is 3.62. The average molecular weight is 291 g/mol. The van der Waals surface area contributed by atoms with Gasteiger partial charge in [-0.2, -0.15) is 4.31 Å². The highest BCUT2D eigenvalue weighted by atomic mass is 35.5. The van der Waals surface area contributed by atoms with Crippen LogP contribution in [0.3, 0.4) is 0 Å².